The predicted octanol–water partition coefficient (Wildman–Crippen LogP) is 3.69. The molecule has 2 rings (SSSR count). The van der Waals surface area contributed by atoms with Gasteiger partial charge in [-0.1, -0.05) is 29.3 Å². The number of hydrogen-bond donors (Lipinski definition) is 1. The van der Waals surface area contributed by atoms with E-state index in [1.807, 2.05) is 6.92 Å². The zero-order chi connectivity index (χ0) is 18.4. The first-order chi connectivity index (χ1) is 11.8. The van der Waals surface area contributed by atoms with Gasteiger partial charge in [0.1, 0.15) is 0 Å². The van der Waals surface area contributed by atoms with Crippen LogP contribution in [0.25, 0.3) is 0 Å². The average Bonchev–Trinajstić information content (AvgIpc) is 2.55. The van der Waals surface area contributed by atoms with Crippen LogP contribution in [-0.4, -0.2) is 26.0 Å². The summed E-state index contributed by atoms with van der Waals surface area (Å²) in [4.78, 5) is 0.0914. The molecule has 25 heavy (non-hydrogen) atoms. The number of thiocarbonyl (C=S) groups is 1. The molecule has 8 heteroatoms. The summed E-state index contributed by atoms with van der Waals surface area (Å²) < 4.78 is 34.3. The Morgan fingerprint density at radius 1 is 1.16 bits per heavy atom. The highest BCUT2D eigenvalue weighted by Gasteiger charge is 2.16. The zero-order valence-electron chi connectivity index (χ0n) is 13.7. The molecular weight excluding hydrogens is 380 g/mol. The molecule has 0 spiro atoms. The number of sulfonamides is 1. The van der Waals surface area contributed by atoms with Crippen molar-refractivity contribution in [2.45, 2.75) is 18.7 Å². The van der Waals surface area contributed by atoms with Crippen molar-refractivity contribution in [3.05, 3.63) is 64.7 Å². The van der Waals surface area contributed by atoms with Crippen LogP contribution in [0.5, 0.6) is 0 Å². The van der Waals surface area contributed by atoms with Gasteiger partial charge in [0.15, 0.2) is 5.84 Å². The number of rotatable bonds is 4. The predicted molar refractivity (Wildman–Crippen MR) is 104 cm³/mol. The van der Waals surface area contributed by atoms with Crippen LogP contribution in [0.4, 0.5) is 0 Å². The van der Waals surface area contributed by atoms with Crippen LogP contribution in [0.1, 0.15) is 18.1 Å². The molecule has 5 nitrogen and oxygen atoms in total. The SMILES string of the molecule is CCOC(=S)N/C(=N\S(=O)(=O)c1ccc(C)cc1)c1ccc(Cl)cc1. The molecular formula is C17H17ClN2O3S2. The van der Waals surface area contributed by atoms with Crippen LogP contribution in [0, 0.1) is 6.92 Å². The lowest BCUT2D eigenvalue weighted by atomic mass is 10.2. The number of nitrogens with one attached hydrogen (secondary N) is 1. The fraction of sp³-hybridized carbons (Fsp3) is 0.176. The molecule has 0 saturated carbocycles. The minimum Gasteiger partial charge on any atom is -0.471 e. The van der Waals surface area contributed by atoms with Crippen molar-refractivity contribution in [2.24, 2.45) is 4.40 Å². The van der Waals surface area contributed by atoms with Crippen molar-refractivity contribution in [2.75, 3.05) is 6.61 Å². The molecule has 0 aromatic heterocycles. The second-order valence-corrected chi connectivity index (χ2v) is 7.49. The lowest BCUT2D eigenvalue weighted by molar-refractivity contribution is 0.327. The standard InChI is InChI=1S/C17H17ClN2O3S2/c1-3-23-17(24)19-16(13-6-8-14(18)9-7-13)20-25(21,22)15-10-4-12(2)5-11-15/h4-11H,3H2,1-2H3,(H,19,20,24). The lowest BCUT2D eigenvalue weighted by Crippen LogP contribution is -2.32. The number of amidine groups is 1. The topological polar surface area (TPSA) is 67.8 Å². The van der Waals surface area contributed by atoms with Crippen LogP contribution in [-0.2, 0) is 14.8 Å². The van der Waals surface area contributed by atoms with Crippen molar-refractivity contribution in [3.63, 3.8) is 0 Å². The van der Waals surface area contributed by atoms with E-state index < -0.39 is 10.0 Å². The molecule has 0 atom stereocenters. The smallest absolute Gasteiger partial charge is 0.284 e. The fourth-order valence-corrected chi connectivity index (χ4v) is 3.22. The molecule has 0 radical (unpaired) electrons. The van der Waals surface area contributed by atoms with Gasteiger partial charge in [-0.2, -0.15) is 8.42 Å². The van der Waals surface area contributed by atoms with Gasteiger partial charge in [-0.25, -0.2) is 0 Å². The third-order valence-electron chi connectivity index (χ3n) is 3.14. The van der Waals surface area contributed by atoms with E-state index in [1.54, 1.807) is 43.3 Å². The highest BCUT2D eigenvalue weighted by molar-refractivity contribution is 7.90. The third kappa shape index (κ3) is 5.52. The van der Waals surface area contributed by atoms with E-state index in [2.05, 4.69) is 9.71 Å². The van der Waals surface area contributed by atoms with E-state index in [4.69, 9.17) is 28.6 Å². The Morgan fingerprint density at radius 3 is 2.32 bits per heavy atom. The quantitative estimate of drug-likeness (QED) is 0.485. The number of aryl methyl sites for hydroxylation is 1. The van der Waals surface area contributed by atoms with Crippen molar-refractivity contribution in [1.82, 2.24) is 5.32 Å². The first-order valence-corrected chi connectivity index (χ1v) is 9.66. The number of hydrogen-bond acceptors (Lipinski definition) is 4. The van der Waals surface area contributed by atoms with Gasteiger partial charge < -0.3 is 10.1 Å². The average molecular weight is 397 g/mol. The zero-order valence-corrected chi connectivity index (χ0v) is 16.1. The molecule has 2 aromatic carbocycles. The van der Waals surface area contributed by atoms with Gasteiger partial charge in [0.25, 0.3) is 15.2 Å². The van der Waals surface area contributed by atoms with E-state index in [9.17, 15) is 8.42 Å². The molecule has 0 saturated heterocycles. The maximum absolute atomic E-state index is 12.6. The largest absolute Gasteiger partial charge is 0.471 e. The van der Waals surface area contributed by atoms with Crippen LogP contribution < -0.4 is 5.32 Å². The minimum absolute atomic E-state index is 0.0373. The van der Waals surface area contributed by atoms with Gasteiger partial charge in [0, 0.05) is 10.6 Å². The summed E-state index contributed by atoms with van der Waals surface area (Å²) in [6, 6.07) is 13.0. The molecule has 0 unspecified atom stereocenters. The van der Waals surface area contributed by atoms with Crippen molar-refractivity contribution < 1.29 is 13.2 Å². The second kappa shape index (κ2) is 8.42. The van der Waals surface area contributed by atoms with Gasteiger partial charge in [-0.05, 0) is 62.5 Å². The molecule has 0 amide bonds. The highest BCUT2D eigenvalue weighted by atomic mass is 35.5. The highest BCUT2D eigenvalue weighted by Crippen LogP contribution is 2.16. The number of benzene rings is 2. The fourth-order valence-electron chi connectivity index (χ4n) is 1.90. The summed E-state index contributed by atoms with van der Waals surface area (Å²) in [5.74, 6) is 0.0655. The Balaban J connectivity index is 2.45. The summed E-state index contributed by atoms with van der Waals surface area (Å²) >= 11 is 10.9. The molecule has 0 fully saturated rings. The van der Waals surface area contributed by atoms with Crippen LogP contribution >= 0.6 is 23.8 Å². The number of nitrogens with zero attached hydrogens (tertiary/aromatic N) is 1. The Hall–Kier alpha value is -1.96. The maximum Gasteiger partial charge on any atom is 0.284 e. The number of halogens is 1. The van der Waals surface area contributed by atoms with E-state index in [-0.39, 0.29) is 15.9 Å². The molecule has 2 aromatic rings. The van der Waals surface area contributed by atoms with Gasteiger partial charge in [0.2, 0.25) is 0 Å². The first kappa shape index (κ1) is 19.4. The lowest BCUT2D eigenvalue weighted by Gasteiger charge is -2.11. The van der Waals surface area contributed by atoms with Crippen LogP contribution in [0.3, 0.4) is 0 Å². The Labute approximate surface area is 157 Å². The summed E-state index contributed by atoms with van der Waals surface area (Å²) in [6.07, 6.45) is 0. The molecule has 0 aliphatic heterocycles. The summed E-state index contributed by atoms with van der Waals surface area (Å²) in [5.41, 5.74) is 1.47. The Bertz CT molecular complexity index is 877. The molecule has 1 N–H and O–H groups in total. The van der Waals surface area contributed by atoms with E-state index in [0.29, 0.717) is 17.2 Å². The number of ether oxygens (including phenoxy) is 1. The van der Waals surface area contributed by atoms with Crippen molar-refractivity contribution >= 4 is 44.9 Å². The van der Waals surface area contributed by atoms with Gasteiger partial charge in [-0.3, -0.25) is 0 Å². The molecule has 132 valence electrons. The normalized spacial score (nSPS) is 11.9. The first-order valence-electron chi connectivity index (χ1n) is 7.43. The minimum atomic E-state index is -3.92. The van der Waals surface area contributed by atoms with Crippen molar-refractivity contribution in [1.29, 1.82) is 0 Å². The summed E-state index contributed by atoms with van der Waals surface area (Å²) in [6.45, 7) is 4.00. The second-order valence-electron chi connectivity index (χ2n) is 5.08. The van der Waals surface area contributed by atoms with Crippen LogP contribution in [0.2, 0.25) is 5.02 Å². The van der Waals surface area contributed by atoms with E-state index >= 15 is 0 Å². The monoisotopic (exact) mass is 396 g/mol. The Kier molecular flexibility index (Phi) is 6.52. The van der Waals surface area contributed by atoms with Gasteiger partial charge >= 0.3 is 0 Å². The third-order valence-corrected chi connectivity index (χ3v) is 4.91. The van der Waals surface area contributed by atoms with Gasteiger partial charge in [0.05, 0.1) is 11.5 Å². The van der Waals surface area contributed by atoms with Crippen molar-refractivity contribution in [3.8, 4) is 0 Å². The summed E-state index contributed by atoms with van der Waals surface area (Å²) in [7, 11) is -3.92. The van der Waals surface area contributed by atoms with Crippen LogP contribution in [0.15, 0.2) is 57.8 Å². The van der Waals surface area contributed by atoms with E-state index in [1.165, 1.54) is 12.1 Å². The molecule has 0 heterocycles. The van der Waals surface area contributed by atoms with Gasteiger partial charge in [-0.15, -0.1) is 4.40 Å². The molecule has 0 aliphatic carbocycles. The molecule has 0 aliphatic rings. The van der Waals surface area contributed by atoms with E-state index in [0.717, 1.165) is 5.56 Å². The maximum atomic E-state index is 12.6. The Morgan fingerprint density at radius 2 is 1.76 bits per heavy atom. The molecule has 0 bridgehead atoms. The summed E-state index contributed by atoms with van der Waals surface area (Å²) in [5, 5.41) is 3.29.